The van der Waals surface area contributed by atoms with Crippen LogP contribution in [0.25, 0.3) is 0 Å². The van der Waals surface area contributed by atoms with Gasteiger partial charge in [0.2, 0.25) is 11.8 Å². The first kappa shape index (κ1) is 31.2. The number of hydrogen-bond donors (Lipinski definition) is 1. The van der Waals surface area contributed by atoms with Crippen LogP contribution in [-0.2, 0) is 26.2 Å². The highest BCUT2D eigenvalue weighted by molar-refractivity contribution is 7.92. The van der Waals surface area contributed by atoms with Crippen LogP contribution in [0.15, 0.2) is 77.7 Å². The van der Waals surface area contributed by atoms with E-state index >= 15 is 0 Å². The fourth-order valence-corrected chi connectivity index (χ4v) is 6.06. The minimum absolute atomic E-state index is 0.0137. The smallest absolute Gasteiger partial charge is 0.264 e. The van der Waals surface area contributed by atoms with Gasteiger partial charge in [0, 0.05) is 17.6 Å². The van der Waals surface area contributed by atoms with Gasteiger partial charge in [-0.15, -0.1) is 0 Å². The fourth-order valence-electron chi connectivity index (χ4n) is 4.46. The van der Waals surface area contributed by atoms with Crippen molar-refractivity contribution in [1.29, 1.82) is 0 Å². The van der Waals surface area contributed by atoms with Crippen molar-refractivity contribution in [1.82, 2.24) is 10.2 Å². The first-order valence-electron chi connectivity index (χ1n) is 13.5. The van der Waals surface area contributed by atoms with Crippen LogP contribution in [0.1, 0.15) is 50.3 Å². The average Bonchev–Trinajstić information content (AvgIpc) is 2.92. The third-order valence-electron chi connectivity index (χ3n) is 6.89. The number of rotatable bonds is 12. The van der Waals surface area contributed by atoms with Gasteiger partial charge in [-0.05, 0) is 75.1 Å². The summed E-state index contributed by atoms with van der Waals surface area (Å²) in [5.41, 5.74) is 2.96. The predicted octanol–water partition coefficient (Wildman–Crippen LogP) is 5.87. The number of benzene rings is 3. The van der Waals surface area contributed by atoms with Crippen LogP contribution < -0.4 is 9.62 Å². The van der Waals surface area contributed by atoms with Crippen molar-refractivity contribution < 1.29 is 18.0 Å². The number of hydrogen-bond acceptors (Lipinski definition) is 4. The van der Waals surface area contributed by atoms with Gasteiger partial charge in [-0.2, -0.15) is 0 Å². The summed E-state index contributed by atoms with van der Waals surface area (Å²) in [5.74, 6) is -0.741. The Balaban J connectivity index is 2.07. The second-order valence-corrected chi connectivity index (χ2v) is 12.3. The van der Waals surface area contributed by atoms with Gasteiger partial charge in [0.1, 0.15) is 12.6 Å². The van der Waals surface area contributed by atoms with Crippen molar-refractivity contribution in [3.05, 3.63) is 94.5 Å². The molecule has 0 fully saturated rings. The van der Waals surface area contributed by atoms with Crippen molar-refractivity contribution in [3.63, 3.8) is 0 Å². The van der Waals surface area contributed by atoms with Crippen molar-refractivity contribution in [2.45, 2.75) is 71.0 Å². The molecular weight excluding hydrogens is 546 g/mol. The second kappa shape index (κ2) is 13.8. The number of carbonyl (C=O) groups is 2. The Labute approximate surface area is 243 Å². The Hall–Kier alpha value is -3.36. The summed E-state index contributed by atoms with van der Waals surface area (Å²) in [5, 5.41) is 3.39. The molecular formula is C31H38ClN3O4S. The van der Waals surface area contributed by atoms with Crippen molar-refractivity contribution in [3.8, 4) is 0 Å². The number of aryl methyl sites for hydroxylation is 2. The van der Waals surface area contributed by atoms with E-state index in [0.717, 1.165) is 21.9 Å². The van der Waals surface area contributed by atoms with E-state index in [4.69, 9.17) is 11.6 Å². The molecule has 0 saturated carbocycles. The topological polar surface area (TPSA) is 86.8 Å². The molecule has 3 rings (SSSR count). The molecule has 3 aromatic carbocycles. The maximum Gasteiger partial charge on any atom is 0.264 e. The quantitative estimate of drug-likeness (QED) is 0.289. The van der Waals surface area contributed by atoms with E-state index < -0.39 is 28.5 Å². The van der Waals surface area contributed by atoms with Gasteiger partial charge in [-0.3, -0.25) is 13.9 Å². The first-order chi connectivity index (χ1) is 19.0. The number of para-hydroxylation sites is 1. The van der Waals surface area contributed by atoms with Gasteiger partial charge < -0.3 is 10.2 Å². The number of carbonyl (C=O) groups excluding carboxylic acids is 2. The lowest BCUT2D eigenvalue weighted by molar-refractivity contribution is -0.140. The number of nitrogens with one attached hydrogen (secondary N) is 1. The van der Waals surface area contributed by atoms with E-state index in [0.29, 0.717) is 22.7 Å². The van der Waals surface area contributed by atoms with E-state index in [2.05, 4.69) is 5.32 Å². The maximum atomic E-state index is 14.1. The number of halogens is 1. The van der Waals surface area contributed by atoms with Gasteiger partial charge in [-0.1, -0.05) is 73.5 Å². The molecule has 214 valence electrons. The molecule has 2 atom stereocenters. The summed E-state index contributed by atoms with van der Waals surface area (Å²) in [4.78, 5) is 29.0. The minimum atomic E-state index is -4.15. The van der Waals surface area contributed by atoms with Crippen molar-refractivity contribution in [2.24, 2.45) is 0 Å². The maximum absolute atomic E-state index is 14.1. The Morgan fingerprint density at radius 3 is 2.20 bits per heavy atom. The fraction of sp³-hybridized carbons (Fsp3) is 0.355. The summed E-state index contributed by atoms with van der Waals surface area (Å²) in [6.45, 7) is 9.18. The predicted molar refractivity (Wildman–Crippen MR) is 161 cm³/mol. The lowest BCUT2D eigenvalue weighted by Crippen LogP contribution is -2.53. The number of sulfonamides is 1. The van der Waals surface area contributed by atoms with Gasteiger partial charge >= 0.3 is 0 Å². The molecule has 0 bridgehead atoms. The average molecular weight is 584 g/mol. The molecule has 3 aromatic rings. The van der Waals surface area contributed by atoms with Crippen LogP contribution in [0.4, 0.5) is 5.69 Å². The van der Waals surface area contributed by atoms with Crippen molar-refractivity contribution >= 4 is 39.1 Å². The van der Waals surface area contributed by atoms with Crippen LogP contribution in [0.5, 0.6) is 0 Å². The van der Waals surface area contributed by atoms with Gasteiger partial charge in [0.25, 0.3) is 10.0 Å². The third-order valence-corrected chi connectivity index (χ3v) is 8.91. The normalized spacial score (nSPS) is 12.8. The Kier molecular flexibility index (Phi) is 10.8. The zero-order valence-electron chi connectivity index (χ0n) is 23.7. The lowest BCUT2D eigenvalue weighted by Gasteiger charge is -2.34. The standard InChI is InChI=1S/C31H38ClN3O4S/c1-6-24(5)33-31(37)28(7-2)34(20-25-13-10-11-22(3)19-25)30(36)21-35(29-14-9-8-12-23(29)4)40(38,39)27-17-15-26(32)16-18-27/h8-19,24,28H,6-7,20-21H2,1-5H3,(H,33,37)/t24-,28+/m0/s1. The Morgan fingerprint density at radius 1 is 0.925 bits per heavy atom. The van der Waals surface area contributed by atoms with E-state index in [1.54, 1.807) is 25.1 Å². The van der Waals surface area contributed by atoms with E-state index in [1.807, 2.05) is 58.0 Å². The molecule has 1 N–H and O–H groups in total. The summed E-state index contributed by atoms with van der Waals surface area (Å²) < 4.78 is 29.0. The molecule has 0 aliphatic heterocycles. The van der Waals surface area contributed by atoms with Crippen LogP contribution >= 0.6 is 11.6 Å². The summed E-state index contributed by atoms with van der Waals surface area (Å²) in [6.07, 6.45) is 1.11. The largest absolute Gasteiger partial charge is 0.352 e. The van der Waals surface area contributed by atoms with Crippen LogP contribution in [0.3, 0.4) is 0 Å². The number of anilines is 1. The van der Waals surface area contributed by atoms with Gasteiger partial charge in [0.15, 0.2) is 0 Å². The molecule has 0 spiro atoms. The SMILES string of the molecule is CC[C@H](C(=O)N[C@@H](C)CC)N(Cc1cccc(C)c1)C(=O)CN(c1ccccc1C)S(=O)(=O)c1ccc(Cl)cc1. The molecule has 7 nitrogen and oxygen atoms in total. The summed E-state index contributed by atoms with van der Waals surface area (Å²) in [6, 6.07) is 19.7. The Morgan fingerprint density at radius 2 is 1.60 bits per heavy atom. The van der Waals surface area contributed by atoms with E-state index in [9.17, 15) is 18.0 Å². The highest BCUT2D eigenvalue weighted by atomic mass is 35.5. The molecule has 40 heavy (non-hydrogen) atoms. The van der Waals surface area contributed by atoms with Gasteiger partial charge in [0.05, 0.1) is 10.6 Å². The number of nitrogens with zero attached hydrogens (tertiary/aromatic N) is 2. The number of amides is 2. The molecule has 0 aliphatic carbocycles. The highest BCUT2D eigenvalue weighted by Crippen LogP contribution is 2.28. The molecule has 0 saturated heterocycles. The molecule has 0 heterocycles. The molecule has 0 unspecified atom stereocenters. The molecule has 2 amide bonds. The van der Waals surface area contributed by atoms with Crippen LogP contribution in [-0.4, -0.2) is 43.8 Å². The third kappa shape index (κ3) is 7.64. The molecule has 0 aliphatic rings. The summed E-state index contributed by atoms with van der Waals surface area (Å²) in [7, 11) is -4.15. The Bertz CT molecular complexity index is 1430. The zero-order valence-corrected chi connectivity index (χ0v) is 25.3. The van der Waals surface area contributed by atoms with Crippen molar-refractivity contribution in [2.75, 3.05) is 10.8 Å². The first-order valence-corrected chi connectivity index (χ1v) is 15.3. The molecule has 0 radical (unpaired) electrons. The second-order valence-electron chi connectivity index (χ2n) is 10.0. The monoisotopic (exact) mass is 583 g/mol. The minimum Gasteiger partial charge on any atom is -0.352 e. The van der Waals surface area contributed by atoms with E-state index in [-0.39, 0.29) is 23.4 Å². The lowest BCUT2D eigenvalue weighted by atomic mass is 10.1. The molecule has 9 heteroatoms. The molecule has 0 aromatic heterocycles. The summed E-state index contributed by atoms with van der Waals surface area (Å²) >= 11 is 6.02. The highest BCUT2D eigenvalue weighted by Gasteiger charge is 2.34. The van der Waals surface area contributed by atoms with Gasteiger partial charge in [-0.25, -0.2) is 8.42 Å². The van der Waals surface area contributed by atoms with E-state index in [1.165, 1.54) is 29.2 Å². The van der Waals surface area contributed by atoms with Crippen LogP contribution in [0, 0.1) is 13.8 Å². The van der Waals surface area contributed by atoms with Crippen LogP contribution in [0.2, 0.25) is 5.02 Å². The zero-order chi connectivity index (χ0) is 29.4.